The molecular weight excluding hydrogens is 463 g/mol. The fourth-order valence-corrected chi connectivity index (χ4v) is 4.90. The Morgan fingerprint density at radius 3 is 2.50 bits per heavy atom. The van der Waals surface area contributed by atoms with E-state index < -0.39 is 0 Å². The van der Waals surface area contributed by atoms with Gasteiger partial charge < -0.3 is 24.8 Å². The highest BCUT2D eigenvalue weighted by Crippen LogP contribution is 2.37. The van der Waals surface area contributed by atoms with Crippen molar-refractivity contribution in [1.29, 1.82) is 0 Å². The summed E-state index contributed by atoms with van der Waals surface area (Å²) in [5, 5.41) is 12.0. The number of fused-ring (bicyclic) bond motifs is 2. The second-order valence-corrected chi connectivity index (χ2v) is 9.05. The number of aliphatic hydroxyl groups excluding tert-OH is 1. The molecule has 9 heteroatoms. The highest BCUT2D eigenvalue weighted by Gasteiger charge is 2.44. The number of nitrogens with zero attached hydrogens (tertiary/aromatic N) is 1. The standard InChI is InChI=1S/C25H28ClFN2O5/c26-16-2-9-23(22(12-16)25(32)28-10-1-11-30)33-15-24(31)29-18-5-6-19(29)14-21(13-18)34-20-7-3-17(27)4-8-20/h2-4,7-9,12,18-19,21,30H,1,5-6,10-11,13-15H2,(H,28,32)/t18-,19+,21?. The number of carbonyl (C=O) groups is 2. The van der Waals surface area contributed by atoms with Crippen LogP contribution in [-0.4, -0.2) is 59.8 Å². The van der Waals surface area contributed by atoms with Crippen LogP contribution >= 0.6 is 11.6 Å². The number of amides is 2. The number of carbonyl (C=O) groups excluding carboxylic acids is 2. The van der Waals surface area contributed by atoms with Crippen molar-refractivity contribution >= 4 is 23.4 Å². The molecule has 0 aromatic heterocycles. The molecule has 0 saturated carbocycles. The van der Waals surface area contributed by atoms with E-state index in [4.69, 9.17) is 26.2 Å². The van der Waals surface area contributed by atoms with Gasteiger partial charge in [0.25, 0.3) is 11.8 Å². The Morgan fingerprint density at radius 2 is 1.82 bits per heavy atom. The third-order valence-electron chi connectivity index (χ3n) is 6.25. The molecular formula is C25H28ClFN2O5. The summed E-state index contributed by atoms with van der Waals surface area (Å²) < 4.78 is 24.9. The van der Waals surface area contributed by atoms with Crippen molar-refractivity contribution in [3.05, 3.63) is 58.9 Å². The van der Waals surface area contributed by atoms with E-state index in [1.165, 1.54) is 18.2 Å². The zero-order valence-corrected chi connectivity index (χ0v) is 19.5. The lowest BCUT2D eigenvalue weighted by molar-refractivity contribution is -0.139. The normalized spacial score (nSPS) is 21.3. The van der Waals surface area contributed by atoms with Gasteiger partial charge in [0.1, 0.15) is 23.4 Å². The fourth-order valence-electron chi connectivity index (χ4n) is 4.73. The molecule has 2 bridgehead atoms. The van der Waals surface area contributed by atoms with E-state index in [1.54, 1.807) is 24.3 Å². The van der Waals surface area contributed by atoms with Gasteiger partial charge in [0, 0.05) is 43.1 Å². The molecule has 4 rings (SSSR count). The van der Waals surface area contributed by atoms with Crippen molar-refractivity contribution in [2.75, 3.05) is 19.8 Å². The zero-order chi connectivity index (χ0) is 24.1. The Bertz CT molecular complexity index is 1000. The van der Waals surface area contributed by atoms with Crippen LogP contribution in [0.5, 0.6) is 11.5 Å². The minimum Gasteiger partial charge on any atom is -0.490 e. The van der Waals surface area contributed by atoms with Gasteiger partial charge in [-0.15, -0.1) is 0 Å². The molecule has 2 fully saturated rings. The average molecular weight is 491 g/mol. The maximum Gasteiger partial charge on any atom is 0.261 e. The highest BCUT2D eigenvalue weighted by molar-refractivity contribution is 6.31. The monoisotopic (exact) mass is 490 g/mol. The van der Waals surface area contributed by atoms with Crippen LogP contribution in [0, 0.1) is 5.82 Å². The van der Waals surface area contributed by atoms with Crippen molar-refractivity contribution in [2.45, 2.75) is 50.3 Å². The molecule has 2 aliphatic heterocycles. The predicted molar refractivity (Wildman–Crippen MR) is 125 cm³/mol. The molecule has 7 nitrogen and oxygen atoms in total. The fraction of sp³-hybridized carbons (Fsp3) is 0.440. The Kier molecular flexibility index (Phi) is 7.90. The predicted octanol–water partition coefficient (Wildman–Crippen LogP) is 3.57. The summed E-state index contributed by atoms with van der Waals surface area (Å²) in [5.74, 6) is 0.0911. The number of hydrogen-bond donors (Lipinski definition) is 2. The first-order valence-electron chi connectivity index (χ1n) is 11.5. The number of benzene rings is 2. The van der Waals surface area contributed by atoms with Gasteiger partial charge in [0.05, 0.1) is 5.56 Å². The van der Waals surface area contributed by atoms with E-state index in [-0.39, 0.29) is 60.3 Å². The summed E-state index contributed by atoms with van der Waals surface area (Å²) in [6, 6.07) is 10.8. The van der Waals surface area contributed by atoms with Gasteiger partial charge in [0.2, 0.25) is 0 Å². The van der Waals surface area contributed by atoms with Crippen LogP contribution in [0.4, 0.5) is 4.39 Å². The van der Waals surface area contributed by atoms with Gasteiger partial charge in [-0.05, 0) is 61.7 Å². The molecule has 182 valence electrons. The SMILES string of the molecule is O=C(NCCCO)c1cc(Cl)ccc1OCC(=O)N1[C@@H]2CC[C@H]1CC(Oc1ccc(F)cc1)C2. The minimum atomic E-state index is -0.378. The van der Waals surface area contributed by atoms with E-state index in [2.05, 4.69) is 5.32 Å². The molecule has 0 spiro atoms. The summed E-state index contributed by atoms with van der Waals surface area (Å²) in [5.41, 5.74) is 0.243. The van der Waals surface area contributed by atoms with Gasteiger partial charge in [-0.3, -0.25) is 9.59 Å². The number of rotatable bonds is 9. The smallest absolute Gasteiger partial charge is 0.261 e. The van der Waals surface area contributed by atoms with E-state index in [1.807, 2.05) is 4.90 Å². The molecule has 34 heavy (non-hydrogen) atoms. The molecule has 1 unspecified atom stereocenters. The van der Waals surface area contributed by atoms with Gasteiger partial charge in [-0.25, -0.2) is 4.39 Å². The summed E-state index contributed by atoms with van der Waals surface area (Å²) >= 11 is 6.05. The molecule has 2 aromatic carbocycles. The Morgan fingerprint density at radius 1 is 1.12 bits per heavy atom. The first-order valence-corrected chi connectivity index (χ1v) is 11.9. The first kappa shape index (κ1) is 24.3. The number of hydrogen-bond acceptors (Lipinski definition) is 5. The topological polar surface area (TPSA) is 88.1 Å². The maximum absolute atomic E-state index is 13.1. The van der Waals surface area contributed by atoms with Crippen molar-refractivity contribution in [1.82, 2.24) is 10.2 Å². The number of nitrogens with one attached hydrogen (secondary N) is 1. The molecule has 2 amide bonds. The average Bonchev–Trinajstić information content (AvgIpc) is 3.10. The summed E-state index contributed by atoms with van der Waals surface area (Å²) in [6.07, 6.45) is 3.62. The number of ether oxygens (including phenoxy) is 2. The molecule has 2 saturated heterocycles. The second kappa shape index (κ2) is 11.1. The molecule has 2 N–H and O–H groups in total. The maximum atomic E-state index is 13.1. The lowest BCUT2D eigenvalue weighted by atomic mass is 9.99. The van der Waals surface area contributed by atoms with Crippen molar-refractivity contribution in [3.63, 3.8) is 0 Å². The Hall–Kier alpha value is -2.84. The van der Waals surface area contributed by atoms with Crippen LogP contribution < -0.4 is 14.8 Å². The Balaban J connectivity index is 1.35. The van der Waals surface area contributed by atoms with Crippen LogP contribution in [-0.2, 0) is 4.79 Å². The second-order valence-electron chi connectivity index (χ2n) is 8.61. The van der Waals surface area contributed by atoms with Crippen LogP contribution in [0.15, 0.2) is 42.5 Å². The number of halogens is 2. The molecule has 2 aliphatic rings. The lowest BCUT2D eigenvalue weighted by Gasteiger charge is -2.38. The lowest BCUT2D eigenvalue weighted by Crippen LogP contribution is -2.50. The third-order valence-corrected chi connectivity index (χ3v) is 6.49. The number of aliphatic hydroxyl groups is 1. The van der Waals surface area contributed by atoms with Crippen LogP contribution in [0.25, 0.3) is 0 Å². The van der Waals surface area contributed by atoms with Crippen molar-refractivity contribution in [2.24, 2.45) is 0 Å². The van der Waals surface area contributed by atoms with Crippen LogP contribution in [0.1, 0.15) is 42.5 Å². The van der Waals surface area contributed by atoms with E-state index in [9.17, 15) is 14.0 Å². The molecule has 3 atom stereocenters. The third kappa shape index (κ3) is 5.80. The van der Waals surface area contributed by atoms with E-state index in [0.29, 0.717) is 36.6 Å². The first-order chi connectivity index (χ1) is 16.4. The van der Waals surface area contributed by atoms with Crippen LogP contribution in [0.3, 0.4) is 0 Å². The van der Waals surface area contributed by atoms with Crippen molar-refractivity contribution < 1.29 is 28.6 Å². The quantitative estimate of drug-likeness (QED) is 0.525. The van der Waals surface area contributed by atoms with E-state index in [0.717, 1.165) is 12.8 Å². The van der Waals surface area contributed by atoms with Gasteiger partial charge in [0.15, 0.2) is 6.61 Å². The van der Waals surface area contributed by atoms with E-state index >= 15 is 0 Å². The summed E-state index contributed by atoms with van der Waals surface area (Å²) in [4.78, 5) is 27.4. The summed E-state index contributed by atoms with van der Waals surface area (Å²) in [7, 11) is 0. The zero-order valence-electron chi connectivity index (χ0n) is 18.7. The molecule has 2 heterocycles. The van der Waals surface area contributed by atoms with Gasteiger partial charge in [-0.2, -0.15) is 0 Å². The highest BCUT2D eigenvalue weighted by atomic mass is 35.5. The Labute approximate surface area is 202 Å². The molecule has 0 radical (unpaired) electrons. The van der Waals surface area contributed by atoms with Crippen molar-refractivity contribution in [3.8, 4) is 11.5 Å². The summed E-state index contributed by atoms with van der Waals surface area (Å²) in [6.45, 7) is 0.106. The number of piperidine rings is 1. The van der Waals surface area contributed by atoms with Gasteiger partial charge in [-0.1, -0.05) is 11.6 Å². The molecule has 0 aliphatic carbocycles. The molecule has 2 aromatic rings. The van der Waals surface area contributed by atoms with Gasteiger partial charge >= 0.3 is 0 Å². The van der Waals surface area contributed by atoms with Crippen LogP contribution in [0.2, 0.25) is 5.02 Å². The minimum absolute atomic E-state index is 0.0261. The largest absolute Gasteiger partial charge is 0.490 e.